The topological polar surface area (TPSA) is 54.0 Å². The van der Waals surface area contributed by atoms with Crippen molar-refractivity contribution in [2.45, 2.75) is 32.5 Å². The lowest BCUT2D eigenvalue weighted by Gasteiger charge is -2.27. The maximum Gasteiger partial charge on any atom is 0.123 e. The molecule has 5 nitrogen and oxygen atoms in total. The molecule has 0 aliphatic carbocycles. The number of morpholine rings is 1. The van der Waals surface area contributed by atoms with Crippen molar-refractivity contribution < 1.29 is 14.6 Å². The number of benzene rings is 1. The summed E-state index contributed by atoms with van der Waals surface area (Å²) < 4.78 is 10.9. The first-order chi connectivity index (χ1) is 10.5. The van der Waals surface area contributed by atoms with Crippen molar-refractivity contribution >= 4 is 0 Å². The molecule has 1 saturated heterocycles. The van der Waals surface area contributed by atoms with E-state index in [1.165, 1.54) is 11.1 Å². The van der Waals surface area contributed by atoms with Gasteiger partial charge in [0.2, 0.25) is 0 Å². The van der Waals surface area contributed by atoms with Gasteiger partial charge < -0.3 is 19.9 Å². The summed E-state index contributed by atoms with van der Waals surface area (Å²) in [6, 6.07) is 6.29. The van der Waals surface area contributed by atoms with Gasteiger partial charge >= 0.3 is 0 Å². The maximum absolute atomic E-state index is 9.32. The van der Waals surface area contributed by atoms with Crippen molar-refractivity contribution in [3.8, 4) is 5.75 Å². The summed E-state index contributed by atoms with van der Waals surface area (Å²) in [7, 11) is 1.71. The molecular weight excluding hydrogens is 280 g/mol. The molecule has 0 atom stereocenters. The molecule has 1 aliphatic heterocycles. The lowest BCUT2D eigenvalue weighted by Crippen LogP contribution is -2.42. The molecule has 0 saturated carbocycles. The Morgan fingerprint density at radius 1 is 1.32 bits per heavy atom. The second kappa shape index (κ2) is 7.92. The molecule has 124 valence electrons. The van der Waals surface area contributed by atoms with Gasteiger partial charge in [-0.3, -0.25) is 4.90 Å². The average Bonchev–Trinajstić information content (AvgIpc) is 2.54. The minimum Gasteiger partial charge on any atom is -0.496 e. The van der Waals surface area contributed by atoms with Gasteiger partial charge in [0.1, 0.15) is 5.75 Å². The minimum atomic E-state index is -0.274. The number of hydrogen-bond acceptors (Lipinski definition) is 5. The molecular formula is C17H28N2O3. The predicted octanol–water partition coefficient (Wildman–Crippen LogP) is 1.39. The molecule has 0 bridgehead atoms. The van der Waals surface area contributed by atoms with E-state index in [0.29, 0.717) is 0 Å². The Morgan fingerprint density at radius 3 is 2.68 bits per heavy atom. The zero-order chi connectivity index (χ0) is 16.0. The standard InChI is InChI=1S/C17H28N2O3/c1-17(2,13-20)18-11-14-4-5-16(21-3)15(10-14)12-19-6-8-22-9-7-19/h4-5,10,18,20H,6-9,11-13H2,1-3H3. The van der Waals surface area contributed by atoms with Crippen LogP contribution in [0.2, 0.25) is 0 Å². The summed E-state index contributed by atoms with van der Waals surface area (Å²) in [5.74, 6) is 0.927. The number of aliphatic hydroxyl groups is 1. The van der Waals surface area contributed by atoms with Crippen molar-refractivity contribution in [2.24, 2.45) is 0 Å². The number of nitrogens with zero attached hydrogens (tertiary/aromatic N) is 1. The molecule has 0 radical (unpaired) electrons. The summed E-state index contributed by atoms with van der Waals surface area (Å²) in [4.78, 5) is 2.39. The highest BCUT2D eigenvalue weighted by molar-refractivity contribution is 5.37. The Balaban J connectivity index is 2.04. The van der Waals surface area contributed by atoms with E-state index in [4.69, 9.17) is 9.47 Å². The summed E-state index contributed by atoms with van der Waals surface area (Å²) in [6.07, 6.45) is 0. The molecule has 2 rings (SSSR count). The lowest BCUT2D eigenvalue weighted by atomic mass is 10.0. The van der Waals surface area contributed by atoms with Crippen LogP contribution in [0.1, 0.15) is 25.0 Å². The Kier molecular flexibility index (Phi) is 6.20. The van der Waals surface area contributed by atoms with Crippen LogP contribution in [-0.4, -0.2) is 55.6 Å². The van der Waals surface area contributed by atoms with Crippen molar-refractivity contribution in [1.82, 2.24) is 10.2 Å². The van der Waals surface area contributed by atoms with Gasteiger partial charge in [-0.15, -0.1) is 0 Å². The second-order valence-corrected chi connectivity index (χ2v) is 6.43. The average molecular weight is 308 g/mol. The maximum atomic E-state index is 9.32. The first-order valence-corrected chi connectivity index (χ1v) is 7.86. The Hall–Kier alpha value is -1.14. The van der Waals surface area contributed by atoms with Crippen LogP contribution in [0.25, 0.3) is 0 Å². The number of methoxy groups -OCH3 is 1. The third kappa shape index (κ3) is 4.95. The van der Waals surface area contributed by atoms with Crippen LogP contribution in [0.15, 0.2) is 18.2 Å². The minimum absolute atomic E-state index is 0.115. The third-order valence-corrected chi connectivity index (χ3v) is 4.01. The fraction of sp³-hybridized carbons (Fsp3) is 0.647. The van der Waals surface area contributed by atoms with Crippen LogP contribution in [0.5, 0.6) is 5.75 Å². The van der Waals surface area contributed by atoms with Crippen LogP contribution in [0, 0.1) is 0 Å². The number of aliphatic hydroxyl groups excluding tert-OH is 1. The molecule has 1 heterocycles. The SMILES string of the molecule is COc1ccc(CNC(C)(C)CO)cc1CN1CCOCC1. The van der Waals surface area contributed by atoms with E-state index in [1.54, 1.807) is 7.11 Å². The third-order valence-electron chi connectivity index (χ3n) is 4.01. The van der Waals surface area contributed by atoms with E-state index in [9.17, 15) is 5.11 Å². The van der Waals surface area contributed by atoms with Crippen molar-refractivity contribution in [1.29, 1.82) is 0 Å². The van der Waals surface area contributed by atoms with Gasteiger partial charge in [0.15, 0.2) is 0 Å². The van der Waals surface area contributed by atoms with Gasteiger partial charge in [0.25, 0.3) is 0 Å². The smallest absolute Gasteiger partial charge is 0.123 e. The fourth-order valence-corrected chi connectivity index (χ4v) is 2.46. The molecule has 2 N–H and O–H groups in total. The molecule has 1 aromatic carbocycles. The lowest BCUT2D eigenvalue weighted by molar-refractivity contribution is 0.0339. The van der Waals surface area contributed by atoms with E-state index < -0.39 is 0 Å². The summed E-state index contributed by atoms with van der Waals surface area (Å²) >= 11 is 0. The zero-order valence-electron chi connectivity index (χ0n) is 13.9. The first kappa shape index (κ1) is 17.2. The number of rotatable bonds is 7. The van der Waals surface area contributed by atoms with Crippen LogP contribution in [0.3, 0.4) is 0 Å². The number of ether oxygens (including phenoxy) is 2. The quantitative estimate of drug-likeness (QED) is 0.797. The normalized spacial score (nSPS) is 16.7. The van der Waals surface area contributed by atoms with Gasteiger partial charge in [-0.25, -0.2) is 0 Å². The molecule has 5 heteroatoms. The predicted molar refractivity (Wildman–Crippen MR) is 87.1 cm³/mol. The summed E-state index contributed by atoms with van der Waals surface area (Å²) in [5.41, 5.74) is 2.13. The summed E-state index contributed by atoms with van der Waals surface area (Å²) in [5, 5.41) is 12.7. The summed E-state index contributed by atoms with van der Waals surface area (Å²) in [6.45, 7) is 9.23. The second-order valence-electron chi connectivity index (χ2n) is 6.43. The molecule has 22 heavy (non-hydrogen) atoms. The number of hydrogen-bond donors (Lipinski definition) is 2. The van der Waals surface area contributed by atoms with E-state index >= 15 is 0 Å². The Morgan fingerprint density at radius 2 is 2.05 bits per heavy atom. The highest BCUT2D eigenvalue weighted by atomic mass is 16.5. The Labute approximate surface area is 133 Å². The zero-order valence-corrected chi connectivity index (χ0v) is 13.9. The first-order valence-electron chi connectivity index (χ1n) is 7.86. The van der Waals surface area contributed by atoms with Gasteiger partial charge in [-0.2, -0.15) is 0 Å². The molecule has 0 amide bonds. The molecule has 1 fully saturated rings. The monoisotopic (exact) mass is 308 g/mol. The van der Waals surface area contributed by atoms with E-state index in [-0.39, 0.29) is 12.1 Å². The van der Waals surface area contributed by atoms with Crippen LogP contribution < -0.4 is 10.1 Å². The van der Waals surface area contributed by atoms with Crippen LogP contribution in [-0.2, 0) is 17.8 Å². The molecule has 1 aromatic rings. The van der Waals surface area contributed by atoms with Crippen molar-refractivity contribution in [2.75, 3.05) is 40.0 Å². The van der Waals surface area contributed by atoms with Gasteiger partial charge in [-0.1, -0.05) is 6.07 Å². The molecule has 1 aliphatic rings. The highest BCUT2D eigenvalue weighted by Crippen LogP contribution is 2.22. The Bertz CT molecular complexity index is 471. The van der Waals surface area contributed by atoms with E-state index in [0.717, 1.165) is 45.1 Å². The van der Waals surface area contributed by atoms with Gasteiger partial charge in [0, 0.05) is 37.3 Å². The number of nitrogens with one attached hydrogen (secondary N) is 1. The van der Waals surface area contributed by atoms with E-state index in [1.807, 2.05) is 19.9 Å². The van der Waals surface area contributed by atoms with Gasteiger partial charge in [0.05, 0.1) is 26.9 Å². The van der Waals surface area contributed by atoms with Crippen LogP contribution >= 0.6 is 0 Å². The fourth-order valence-electron chi connectivity index (χ4n) is 2.46. The van der Waals surface area contributed by atoms with Crippen molar-refractivity contribution in [3.63, 3.8) is 0 Å². The molecule has 0 aromatic heterocycles. The molecule has 0 unspecified atom stereocenters. The van der Waals surface area contributed by atoms with Crippen molar-refractivity contribution in [3.05, 3.63) is 29.3 Å². The molecule has 0 spiro atoms. The van der Waals surface area contributed by atoms with Crippen LogP contribution in [0.4, 0.5) is 0 Å². The van der Waals surface area contributed by atoms with E-state index in [2.05, 4.69) is 22.3 Å². The largest absolute Gasteiger partial charge is 0.496 e. The van der Waals surface area contributed by atoms with Gasteiger partial charge in [-0.05, 0) is 31.5 Å². The highest BCUT2D eigenvalue weighted by Gasteiger charge is 2.16.